The Morgan fingerprint density at radius 2 is 1.46 bits per heavy atom. The standard InChI is InChI=1S/C27H28FN3O3S/c28-25-15-7-8-16-26(25)31(35(33,34)24-13-5-2-6-14-24)22-27(32)30-20-18-29(19-21-30)17-9-12-23-10-3-1-4-11-23/h1-16H,17-22H2/b12-9+. The minimum absolute atomic E-state index is 0.00563. The van der Waals surface area contributed by atoms with Crippen LogP contribution in [0.5, 0.6) is 0 Å². The lowest BCUT2D eigenvalue weighted by molar-refractivity contribution is -0.131. The zero-order valence-electron chi connectivity index (χ0n) is 19.3. The van der Waals surface area contributed by atoms with Gasteiger partial charge in [0, 0.05) is 32.7 Å². The molecular weight excluding hydrogens is 465 g/mol. The average Bonchev–Trinajstić information content (AvgIpc) is 2.89. The summed E-state index contributed by atoms with van der Waals surface area (Å²) >= 11 is 0. The van der Waals surface area contributed by atoms with E-state index >= 15 is 0 Å². The molecule has 0 bridgehead atoms. The van der Waals surface area contributed by atoms with Crippen molar-refractivity contribution in [3.05, 3.63) is 102 Å². The molecule has 182 valence electrons. The molecule has 0 unspecified atom stereocenters. The van der Waals surface area contributed by atoms with Crippen molar-refractivity contribution in [3.63, 3.8) is 0 Å². The molecule has 1 heterocycles. The van der Waals surface area contributed by atoms with Gasteiger partial charge in [0.2, 0.25) is 5.91 Å². The van der Waals surface area contributed by atoms with Crippen LogP contribution in [0.25, 0.3) is 6.08 Å². The van der Waals surface area contributed by atoms with E-state index < -0.39 is 22.4 Å². The number of anilines is 1. The largest absolute Gasteiger partial charge is 0.339 e. The molecule has 0 aromatic heterocycles. The third-order valence-electron chi connectivity index (χ3n) is 5.93. The highest BCUT2D eigenvalue weighted by Gasteiger charge is 2.31. The number of hydrogen-bond acceptors (Lipinski definition) is 4. The Balaban J connectivity index is 1.42. The number of nitrogens with zero attached hydrogens (tertiary/aromatic N) is 3. The first-order chi connectivity index (χ1) is 16.9. The van der Waals surface area contributed by atoms with E-state index in [1.165, 1.54) is 30.3 Å². The summed E-state index contributed by atoms with van der Waals surface area (Å²) in [4.78, 5) is 17.0. The second-order valence-corrected chi connectivity index (χ2v) is 10.1. The van der Waals surface area contributed by atoms with Gasteiger partial charge in [-0.05, 0) is 29.8 Å². The second kappa shape index (κ2) is 11.3. The zero-order chi connectivity index (χ0) is 24.7. The quantitative estimate of drug-likeness (QED) is 0.478. The first-order valence-corrected chi connectivity index (χ1v) is 12.9. The van der Waals surface area contributed by atoms with E-state index in [2.05, 4.69) is 17.1 Å². The van der Waals surface area contributed by atoms with Crippen molar-refractivity contribution in [2.75, 3.05) is 43.6 Å². The van der Waals surface area contributed by atoms with E-state index in [0.717, 1.165) is 16.4 Å². The van der Waals surface area contributed by atoms with Gasteiger partial charge >= 0.3 is 0 Å². The highest BCUT2D eigenvalue weighted by Crippen LogP contribution is 2.26. The molecule has 0 atom stereocenters. The van der Waals surface area contributed by atoms with Crippen LogP contribution in [0.15, 0.2) is 95.9 Å². The summed E-state index contributed by atoms with van der Waals surface area (Å²) in [7, 11) is -4.13. The van der Waals surface area contributed by atoms with E-state index in [0.29, 0.717) is 26.2 Å². The summed E-state index contributed by atoms with van der Waals surface area (Å²) in [5, 5.41) is 0. The minimum atomic E-state index is -4.13. The first kappa shape index (κ1) is 24.6. The molecule has 8 heteroatoms. The summed E-state index contributed by atoms with van der Waals surface area (Å²) in [6.07, 6.45) is 4.16. The molecule has 1 fully saturated rings. The van der Waals surface area contributed by atoms with Crippen LogP contribution in [0.2, 0.25) is 0 Å². The van der Waals surface area contributed by atoms with Crippen molar-refractivity contribution in [3.8, 4) is 0 Å². The number of carbonyl (C=O) groups is 1. The maximum Gasteiger partial charge on any atom is 0.264 e. The summed E-state index contributed by atoms with van der Waals surface area (Å²) < 4.78 is 42.2. The van der Waals surface area contributed by atoms with Crippen LogP contribution in [0.3, 0.4) is 0 Å². The highest BCUT2D eigenvalue weighted by molar-refractivity contribution is 7.92. The zero-order valence-corrected chi connectivity index (χ0v) is 20.1. The molecule has 0 saturated carbocycles. The summed E-state index contributed by atoms with van der Waals surface area (Å²) in [5.41, 5.74) is 0.989. The van der Waals surface area contributed by atoms with E-state index in [1.54, 1.807) is 29.2 Å². The van der Waals surface area contributed by atoms with Gasteiger partial charge in [0.1, 0.15) is 12.4 Å². The molecule has 35 heavy (non-hydrogen) atoms. The maximum atomic E-state index is 14.6. The maximum absolute atomic E-state index is 14.6. The predicted octanol–water partition coefficient (Wildman–Crippen LogP) is 3.88. The number of piperazine rings is 1. The number of benzene rings is 3. The van der Waals surface area contributed by atoms with Crippen molar-refractivity contribution in [1.82, 2.24) is 9.80 Å². The van der Waals surface area contributed by atoms with Crippen molar-refractivity contribution in [2.24, 2.45) is 0 Å². The number of halogens is 1. The van der Waals surface area contributed by atoms with E-state index in [9.17, 15) is 17.6 Å². The molecule has 0 aliphatic carbocycles. The second-order valence-electron chi connectivity index (χ2n) is 8.27. The fourth-order valence-corrected chi connectivity index (χ4v) is 5.42. The van der Waals surface area contributed by atoms with Gasteiger partial charge in [0.25, 0.3) is 10.0 Å². The SMILES string of the molecule is O=C(CN(c1ccccc1F)S(=O)(=O)c1ccccc1)N1CCN(C/C=C/c2ccccc2)CC1. The van der Waals surface area contributed by atoms with Gasteiger partial charge in [-0.15, -0.1) is 0 Å². The van der Waals surface area contributed by atoms with Crippen LogP contribution in [0, 0.1) is 5.82 Å². The van der Waals surface area contributed by atoms with E-state index in [-0.39, 0.29) is 16.5 Å². The van der Waals surface area contributed by atoms with Crippen LogP contribution >= 0.6 is 0 Å². The monoisotopic (exact) mass is 493 g/mol. The molecule has 1 amide bonds. The van der Waals surface area contributed by atoms with E-state index in [1.807, 2.05) is 30.3 Å². The topological polar surface area (TPSA) is 60.9 Å². The van der Waals surface area contributed by atoms with Gasteiger partial charge in [-0.2, -0.15) is 0 Å². The molecule has 1 saturated heterocycles. The van der Waals surface area contributed by atoms with Crippen molar-refractivity contribution >= 4 is 27.7 Å². The van der Waals surface area contributed by atoms with Gasteiger partial charge < -0.3 is 4.90 Å². The van der Waals surface area contributed by atoms with Gasteiger partial charge in [0.05, 0.1) is 10.6 Å². The molecule has 1 aliphatic rings. The molecule has 0 N–H and O–H groups in total. The number of carbonyl (C=O) groups excluding carboxylic acids is 1. The fraction of sp³-hybridized carbons (Fsp3) is 0.222. The lowest BCUT2D eigenvalue weighted by Gasteiger charge is -2.35. The summed E-state index contributed by atoms with van der Waals surface area (Å²) in [6, 6.07) is 23.4. The fourth-order valence-electron chi connectivity index (χ4n) is 3.98. The number of para-hydroxylation sites is 1. The van der Waals surface area contributed by atoms with E-state index in [4.69, 9.17) is 0 Å². The summed E-state index contributed by atoms with van der Waals surface area (Å²) in [6.45, 7) is 2.61. The Morgan fingerprint density at radius 3 is 2.11 bits per heavy atom. The molecule has 3 aromatic rings. The normalized spacial score (nSPS) is 14.8. The Morgan fingerprint density at radius 1 is 0.857 bits per heavy atom. The molecule has 0 radical (unpaired) electrons. The van der Waals surface area contributed by atoms with Gasteiger partial charge in [-0.1, -0.05) is 72.8 Å². The number of rotatable bonds is 8. The molecule has 6 nitrogen and oxygen atoms in total. The number of hydrogen-bond donors (Lipinski definition) is 0. The van der Waals surface area contributed by atoms with Gasteiger partial charge in [-0.25, -0.2) is 12.8 Å². The lowest BCUT2D eigenvalue weighted by atomic mass is 10.2. The Bertz CT molecular complexity index is 1260. The van der Waals surface area contributed by atoms with Crippen LogP contribution in [0.4, 0.5) is 10.1 Å². The summed E-state index contributed by atoms with van der Waals surface area (Å²) in [5.74, 6) is -1.05. The lowest BCUT2D eigenvalue weighted by Crippen LogP contribution is -2.51. The molecule has 1 aliphatic heterocycles. The molecule has 3 aromatic carbocycles. The average molecular weight is 494 g/mol. The highest BCUT2D eigenvalue weighted by atomic mass is 32.2. The minimum Gasteiger partial charge on any atom is -0.339 e. The van der Waals surface area contributed by atoms with Crippen molar-refractivity contribution in [1.29, 1.82) is 0 Å². The number of amides is 1. The predicted molar refractivity (Wildman–Crippen MR) is 136 cm³/mol. The number of sulfonamides is 1. The molecule has 0 spiro atoms. The Labute approximate surface area is 206 Å². The van der Waals surface area contributed by atoms with Gasteiger partial charge in [-0.3, -0.25) is 14.0 Å². The first-order valence-electron chi connectivity index (χ1n) is 11.5. The smallest absolute Gasteiger partial charge is 0.264 e. The molecular formula is C27H28FN3O3S. The third-order valence-corrected chi connectivity index (χ3v) is 7.70. The third kappa shape index (κ3) is 6.15. The van der Waals surface area contributed by atoms with Gasteiger partial charge in [0.15, 0.2) is 0 Å². The van der Waals surface area contributed by atoms with Crippen LogP contribution in [-0.4, -0.2) is 63.4 Å². The van der Waals surface area contributed by atoms with Crippen LogP contribution in [0.1, 0.15) is 5.56 Å². The van der Waals surface area contributed by atoms with Crippen molar-refractivity contribution in [2.45, 2.75) is 4.90 Å². The molecule has 4 rings (SSSR count). The van der Waals surface area contributed by atoms with Crippen LogP contribution in [-0.2, 0) is 14.8 Å². The van der Waals surface area contributed by atoms with Crippen LogP contribution < -0.4 is 4.31 Å². The Kier molecular flexibility index (Phi) is 7.94. The Hall–Kier alpha value is -3.49. The van der Waals surface area contributed by atoms with Crippen molar-refractivity contribution < 1.29 is 17.6 Å².